The van der Waals surface area contributed by atoms with Gasteiger partial charge in [0.25, 0.3) is 0 Å². The number of hydrogen-bond donors (Lipinski definition) is 0. The monoisotopic (exact) mass is 521 g/mol. The highest BCUT2D eigenvalue weighted by atomic mass is 35.5. The third kappa shape index (κ3) is 6.01. The van der Waals surface area contributed by atoms with Gasteiger partial charge >= 0.3 is 0 Å². The number of nitriles is 1. The van der Waals surface area contributed by atoms with E-state index in [1.807, 2.05) is 6.92 Å². The van der Waals surface area contributed by atoms with Crippen LogP contribution in [0.2, 0.25) is 15.1 Å². The van der Waals surface area contributed by atoms with Gasteiger partial charge in [-0.15, -0.1) is 0 Å². The Balaban J connectivity index is 1.92. The quantitative estimate of drug-likeness (QED) is 0.299. The van der Waals surface area contributed by atoms with E-state index in [0.717, 1.165) is 0 Å². The van der Waals surface area contributed by atoms with Gasteiger partial charge in [-0.1, -0.05) is 46.9 Å². The summed E-state index contributed by atoms with van der Waals surface area (Å²) in [5.74, 6) is 0.805. The highest BCUT2D eigenvalue weighted by molar-refractivity contribution is 7.95. The number of hydrogen-bond acceptors (Lipinski definition) is 5. The lowest BCUT2D eigenvalue weighted by atomic mass is 10.2. The molecule has 0 atom stereocenters. The normalized spacial score (nSPS) is 11.7. The van der Waals surface area contributed by atoms with Crippen LogP contribution in [0.4, 0.5) is 0 Å². The molecular weight excluding hydrogens is 505 g/mol. The average Bonchev–Trinajstić information content (AvgIpc) is 2.78. The van der Waals surface area contributed by atoms with Gasteiger partial charge in [-0.05, 0) is 67.1 Å². The van der Waals surface area contributed by atoms with E-state index in [0.29, 0.717) is 44.3 Å². The summed E-state index contributed by atoms with van der Waals surface area (Å²) in [6.45, 7) is 2.27. The predicted octanol–water partition coefficient (Wildman–Crippen LogP) is 6.96. The van der Waals surface area contributed by atoms with E-state index in [-0.39, 0.29) is 11.5 Å². The van der Waals surface area contributed by atoms with Crippen molar-refractivity contribution in [3.63, 3.8) is 0 Å². The van der Waals surface area contributed by atoms with Crippen LogP contribution in [0, 0.1) is 11.3 Å². The zero-order valence-electron chi connectivity index (χ0n) is 17.4. The molecule has 0 aliphatic heterocycles. The molecule has 9 heteroatoms. The number of ether oxygens (including phenoxy) is 2. The minimum absolute atomic E-state index is 0.0266. The van der Waals surface area contributed by atoms with Crippen molar-refractivity contribution in [3.05, 3.63) is 91.8 Å². The van der Waals surface area contributed by atoms with Crippen molar-refractivity contribution in [3.8, 4) is 17.6 Å². The van der Waals surface area contributed by atoms with Gasteiger partial charge in [-0.25, -0.2) is 8.42 Å². The largest absolute Gasteiger partial charge is 0.490 e. The van der Waals surface area contributed by atoms with E-state index in [2.05, 4.69) is 0 Å². The minimum Gasteiger partial charge on any atom is -0.490 e. The Kier molecular flexibility index (Phi) is 8.28. The molecule has 170 valence electrons. The molecule has 5 nitrogen and oxygen atoms in total. The summed E-state index contributed by atoms with van der Waals surface area (Å²) in [5, 5.41) is 10.9. The maximum atomic E-state index is 12.9. The molecule has 0 saturated carbocycles. The lowest BCUT2D eigenvalue weighted by Crippen LogP contribution is -2.04. The fourth-order valence-corrected chi connectivity index (χ4v) is 4.68. The Labute approximate surface area is 207 Å². The van der Waals surface area contributed by atoms with E-state index in [4.69, 9.17) is 44.3 Å². The second-order valence-electron chi connectivity index (χ2n) is 6.71. The Morgan fingerprint density at radius 1 is 0.970 bits per heavy atom. The summed E-state index contributed by atoms with van der Waals surface area (Å²) in [4.78, 5) is -0.440. The standard InChI is InChI=1S/C24H18Cl3NO4S/c1-2-31-24-13-16(6-11-23(24)32-15-20-21(26)4-3-5-22(20)27)12-19(14-28)33(29,30)18-9-7-17(25)8-10-18/h3-13H,2,15H2,1H3. The van der Waals surface area contributed by atoms with Crippen LogP contribution in [-0.4, -0.2) is 15.0 Å². The van der Waals surface area contributed by atoms with Gasteiger partial charge in [0.2, 0.25) is 9.84 Å². The Bertz CT molecular complexity index is 1310. The molecule has 33 heavy (non-hydrogen) atoms. The highest BCUT2D eigenvalue weighted by Crippen LogP contribution is 2.33. The first-order valence-corrected chi connectivity index (χ1v) is 12.3. The van der Waals surface area contributed by atoms with Crippen molar-refractivity contribution in [2.75, 3.05) is 6.61 Å². The van der Waals surface area contributed by atoms with Crippen molar-refractivity contribution < 1.29 is 17.9 Å². The number of benzene rings is 3. The van der Waals surface area contributed by atoms with Gasteiger partial charge in [-0.2, -0.15) is 5.26 Å². The van der Waals surface area contributed by atoms with Crippen molar-refractivity contribution in [1.29, 1.82) is 5.26 Å². The van der Waals surface area contributed by atoms with Crippen molar-refractivity contribution in [2.24, 2.45) is 0 Å². The second kappa shape index (κ2) is 11.0. The van der Waals surface area contributed by atoms with Crippen LogP contribution in [0.5, 0.6) is 11.5 Å². The molecule has 0 amide bonds. The highest BCUT2D eigenvalue weighted by Gasteiger charge is 2.21. The molecule has 0 heterocycles. The minimum atomic E-state index is -4.02. The van der Waals surface area contributed by atoms with Crippen LogP contribution in [0.3, 0.4) is 0 Å². The molecule has 3 aromatic carbocycles. The molecule has 0 unspecified atom stereocenters. The lowest BCUT2D eigenvalue weighted by Gasteiger charge is -2.14. The summed E-state index contributed by atoms with van der Waals surface area (Å²) in [6.07, 6.45) is 1.28. The molecule has 0 bridgehead atoms. The SMILES string of the molecule is CCOc1cc(C=C(C#N)S(=O)(=O)c2ccc(Cl)cc2)ccc1OCc1c(Cl)cccc1Cl. The third-order valence-corrected chi connectivity index (χ3v) is 7.16. The zero-order valence-corrected chi connectivity index (χ0v) is 20.5. The van der Waals surface area contributed by atoms with E-state index < -0.39 is 14.7 Å². The summed E-state index contributed by atoms with van der Waals surface area (Å²) in [7, 11) is -4.02. The van der Waals surface area contributed by atoms with Crippen LogP contribution < -0.4 is 9.47 Å². The average molecular weight is 523 g/mol. The zero-order chi connectivity index (χ0) is 24.0. The third-order valence-electron chi connectivity index (χ3n) is 4.52. The van der Waals surface area contributed by atoms with Crippen molar-refractivity contribution in [1.82, 2.24) is 0 Å². The summed E-state index contributed by atoms with van der Waals surface area (Å²) in [6, 6.07) is 17.4. The molecule has 0 radical (unpaired) electrons. The summed E-state index contributed by atoms with van der Waals surface area (Å²) in [5.41, 5.74) is 1.09. The number of halogens is 3. The summed E-state index contributed by atoms with van der Waals surface area (Å²) < 4.78 is 37.2. The fourth-order valence-electron chi connectivity index (χ4n) is 2.88. The second-order valence-corrected chi connectivity index (χ2v) is 9.87. The first kappa shape index (κ1) is 24.9. The number of nitrogens with zero attached hydrogens (tertiary/aromatic N) is 1. The van der Waals surface area contributed by atoms with Gasteiger partial charge in [0.15, 0.2) is 11.5 Å². The molecular formula is C24H18Cl3NO4S. The maximum absolute atomic E-state index is 12.9. The van der Waals surface area contributed by atoms with Crippen LogP contribution in [0.1, 0.15) is 18.1 Å². The first-order chi connectivity index (χ1) is 15.8. The molecule has 0 aromatic heterocycles. The topological polar surface area (TPSA) is 76.4 Å². The molecule has 3 rings (SSSR count). The molecule has 0 aliphatic rings. The van der Waals surface area contributed by atoms with Crippen LogP contribution in [-0.2, 0) is 16.4 Å². The molecule has 0 N–H and O–H groups in total. The summed E-state index contributed by atoms with van der Waals surface area (Å²) >= 11 is 18.2. The fraction of sp³-hybridized carbons (Fsp3) is 0.125. The van der Waals surface area contributed by atoms with Crippen LogP contribution in [0.25, 0.3) is 6.08 Å². The molecule has 0 fully saturated rings. The van der Waals surface area contributed by atoms with E-state index in [1.165, 1.54) is 30.3 Å². The smallest absolute Gasteiger partial charge is 0.216 e. The van der Waals surface area contributed by atoms with E-state index in [9.17, 15) is 13.7 Å². The Morgan fingerprint density at radius 2 is 1.64 bits per heavy atom. The van der Waals surface area contributed by atoms with E-state index in [1.54, 1.807) is 42.5 Å². The number of allylic oxidation sites excluding steroid dienone is 1. The van der Waals surface area contributed by atoms with Gasteiger partial charge in [0, 0.05) is 20.6 Å². The Morgan fingerprint density at radius 3 is 2.24 bits per heavy atom. The van der Waals surface area contributed by atoms with Crippen LogP contribution in [0.15, 0.2) is 70.5 Å². The van der Waals surface area contributed by atoms with Gasteiger partial charge < -0.3 is 9.47 Å². The Hall–Kier alpha value is -2.69. The van der Waals surface area contributed by atoms with Gasteiger partial charge in [0.05, 0.1) is 11.5 Å². The van der Waals surface area contributed by atoms with Crippen molar-refractivity contribution in [2.45, 2.75) is 18.4 Å². The van der Waals surface area contributed by atoms with E-state index >= 15 is 0 Å². The van der Waals surface area contributed by atoms with Gasteiger partial charge in [-0.3, -0.25) is 0 Å². The number of rotatable bonds is 8. The molecule has 0 spiro atoms. The maximum Gasteiger partial charge on any atom is 0.216 e. The first-order valence-electron chi connectivity index (χ1n) is 9.71. The lowest BCUT2D eigenvalue weighted by molar-refractivity contribution is 0.269. The van der Waals surface area contributed by atoms with Gasteiger partial charge in [0.1, 0.15) is 17.6 Å². The predicted molar refractivity (Wildman–Crippen MR) is 131 cm³/mol. The molecule has 0 saturated heterocycles. The van der Waals surface area contributed by atoms with Crippen molar-refractivity contribution >= 4 is 50.7 Å². The van der Waals surface area contributed by atoms with Crippen LogP contribution >= 0.6 is 34.8 Å². The molecule has 0 aliphatic carbocycles. The number of sulfone groups is 1. The molecule has 3 aromatic rings.